The van der Waals surface area contributed by atoms with Crippen molar-refractivity contribution in [1.29, 1.82) is 0 Å². The lowest BCUT2D eigenvalue weighted by Crippen LogP contribution is -2.39. The van der Waals surface area contributed by atoms with Crippen molar-refractivity contribution >= 4 is 5.91 Å². The number of amides is 1. The molecule has 3 aromatic rings. The van der Waals surface area contributed by atoms with Gasteiger partial charge in [-0.25, -0.2) is 9.97 Å². The fourth-order valence-electron chi connectivity index (χ4n) is 4.03. The number of carbonyl (C=O) groups is 1. The number of likely N-dealkylation sites (tertiary alicyclic amines) is 1. The summed E-state index contributed by atoms with van der Waals surface area (Å²) in [5, 5.41) is 8.43. The minimum atomic E-state index is 0.157. The molecule has 4 heterocycles. The summed E-state index contributed by atoms with van der Waals surface area (Å²) in [5.41, 5.74) is 4.66. The van der Waals surface area contributed by atoms with E-state index in [0.717, 1.165) is 47.7 Å². The average molecular weight is 394 g/mol. The van der Waals surface area contributed by atoms with Crippen molar-refractivity contribution in [2.45, 2.75) is 52.5 Å². The van der Waals surface area contributed by atoms with Crippen LogP contribution in [0.25, 0.3) is 11.3 Å². The van der Waals surface area contributed by atoms with Crippen LogP contribution in [-0.2, 0) is 11.3 Å². The summed E-state index contributed by atoms with van der Waals surface area (Å²) in [5.74, 6) is 0.990. The molecule has 0 bridgehead atoms. The summed E-state index contributed by atoms with van der Waals surface area (Å²) in [7, 11) is 0. The molecular formula is C21H26N6O2. The van der Waals surface area contributed by atoms with Crippen molar-refractivity contribution in [3.8, 4) is 11.3 Å². The summed E-state index contributed by atoms with van der Waals surface area (Å²) in [6.45, 7) is 7.93. The van der Waals surface area contributed by atoms with E-state index in [2.05, 4.69) is 20.2 Å². The lowest BCUT2D eigenvalue weighted by atomic mass is 9.91. The van der Waals surface area contributed by atoms with Crippen LogP contribution in [0.2, 0.25) is 0 Å². The van der Waals surface area contributed by atoms with Gasteiger partial charge in [0.1, 0.15) is 6.33 Å². The zero-order valence-electron chi connectivity index (χ0n) is 17.1. The van der Waals surface area contributed by atoms with Gasteiger partial charge in [0.25, 0.3) is 0 Å². The number of hydrogen-bond acceptors (Lipinski definition) is 6. The van der Waals surface area contributed by atoms with E-state index in [-0.39, 0.29) is 11.8 Å². The minimum Gasteiger partial charge on any atom is -0.356 e. The first-order valence-corrected chi connectivity index (χ1v) is 10.0. The first kappa shape index (κ1) is 19.3. The van der Waals surface area contributed by atoms with Gasteiger partial charge < -0.3 is 9.42 Å². The molecule has 0 aromatic carbocycles. The van der Waals surface area contributed by atoms with Gasteiger partial charge in [-0.05, 0) is 39.7 Å². The molecule has 0 N–H and O–H groups in total. The Balaban J connectivity index is 1.46. The first-order valence-electron chi connectivity index (χ1n) is 10.0. The highest BCUT2D eigenvalue weighted by Gasteiger charge is 2.28. The summed E-state index contributed by atoms with van der Waals surface area (Å²) in [4.78, 5) is 23.5. The third-order valence-electron chi connectivity index (χ3n) is 5.44. The monoisotopic (exact) mass is 394 g/mol. The SMILES string of the molecule is Cc1cc(-c2cncnc2C2CCCN(C(=O)CCn3nc(C)cc3C)C2)on1. The van der Waals surface area contributed by atoms with Crippen LogP contribution in [0.1, 0.15) is 48.0 Å². The summed E-state index contributed by atoms with van der Waals surface area (Å²) in [6.07, 6.45) is 5.72. The van der Waals surface area contributed by atoms with E-state index < -0.39 is 0 Å². The molecule has 1 saturated heterocycles. The van der Waals surface area contributed by atoms with Gasteiger partial charge in [0.05, 0.1) is 22.6 Å². The van der Waals surface area contributed by atoms with E-state index in [4.69, 9.17) is 4.52 Å². The number of aryl methyl sites for hydroxylation is 4. The van der Waals surface area contributed by atoms with Gasteiger partial charge in [0.15, 0.2) is 5.76 Å². The zero-order chi connectivity index (χ0) is 20.4. The van der Waals surface area contributed by atoms with E-state index >= 15 is 0 Å². The zero-order valence-corrected chi connectivity index (χ0v) is 17.1. The topological polar surface area (TPSA) is 89.9 Å². The number of hydrogen-bond donors (Lipinski definition) is 0. The molecule has 1 unspecified atom stereocenters. The van der Waals surface area contributed by atoms with Gasteiger partial charge in [-0.3, -0.25) is 9.48 Å². The maximum absolute atomic E-state index is 12.8. The molecular weight excluding hydrogens is 368 g/mol. The van der Waals surface area contributed by atoms with Crippen molar-refractivity contribution in [3.05, 3.63) is 47.4 Å². The van der Waals surface area contributed by atoms with Gasteiger partial charge in [-0.15, -0.1) is 0 Å². The van der Waals surface area contributed by atoms with Crippen LogP contribution in [0.4, 0.5) is 0 Å². The van der Waals surface area contributed by atoms with E-state index in [9.17, 15) is 4.79 Å². The van der Waals surface area contributed by atoms with Gasteiger partial charge >= 0.3 is 0 Å². The van der Waals surface area contributed by atoms with Crippen LogP contribution >= 0.6 is 0 Å². The van der Waals surface area contributed by atoms with Gasteiger partial charge in [0.2, 0.25) is 5.91 Å². The van der Waals surface area contributed by atoms with Crippen LogP contribution in [0.5, 0.6) is 0 Å². The van der Waals surface area contributed by atoms with Crippen molar-refractivity contribution in [1.82, 2.24) is 29.8 Å². The first-order chi connectivity index (χ1) is 14.0. The Morgan fingerprint density at radius 2 is 2.10 bits per heavy atom. The molecule has 0 spiro atoms. The predicted molar refractivity (Wildman–Crippen MR) is 107 cm³/mol. The molecule has 1 aliphatic rings. The molecule has 1 fully saturated rings. The highest BCUT2D eigenvalue weighted by Crippen LogP contribution is 2.33. The van der Waals surface area contributed by atoms with E-state index in [0.29, 0.717) is 25.3 Å². The summed E-state index contributed by atoms with van der Waals surface area (Å²) < 4.78 is 7.34. The molecule has 0 saturated carbocycles. The van der Waals surface area contributed by atoms with Crippen molar-refractivity contribution in [2.24, 2.45) is 0 Å². The molecule has 0 aliphatic carbocycles. The lowest BCUT2D eigenvalue weighted by Gasteiger charge is -2.33. The molecule has 152 valence electrons. The average Bonchev–Trinajstić information content (AvgIpc) is 3.30. The highest BCUT2D eigenvalue weighted by atomic mass is 16.5. The molecule has 8 nitrogen and oxygen atoms in total. The maximum atomic E-state index is 12.8. The van der Waals surface area contributed by atoms with Gasteiger partial charge in [-0.1, -0.05) is 5.16 Å². The quantitative estimate of drug-likeness (QED) is 0.661. The number of piperidine rings is 1. The van der Waals surface area contributed by atoms with Crippen LogP contribution in [0, 0.1) is 20.8 Å². The lowest BCUT2D eigenvalue weighted by molar-refractivity contribution is -0.132. The Bertz CT molecular complexity index is 1010. The molecule has 29 heavy (non-hydrogen) atoms. The van der Waals surface area contributed by atoms with E-state index in [1.54, 1.807) is 12.5 Å². The second kappa shape index (κ2) is 8.14. The van der Waals surface area contributed by atoms with Crippen molar-refractivity contribution < 1.29 is 9.32 Å². The summed E-state index contributed by atoms with van der Waals surface area (Å²) >= 11 is 0. The Labute approximate surface area is 169 Å². The predicted octanol–water partition coefficient (Wildman–Crippen LogP) is 3.05. The molecule has 4 rings (SSSR count). The minimum absolute atomic E-state index is 0.157. The number of carbonyl (C=O) groups excluding carboxylic acids is 1. The van der Waals surface area contributed by atoms with Crippen molar-refractivity contribution in [3.63, 3.8) is 0 Å². The van der Waals surface area contributed by atoms with Gasteiger partial charge in [0, 0.05) is 49.9 Å². The molecule has 1 atom stereocenters. The fraction of sp³-hybridized carbons (Fsp3) is 0.476. The van der Waals surface area contributed by atoms with Gasteiger partial charge in [-0.2, -0.15) is 5.10 Å². The molecule has 0 radical (unpaired) electrons. The molecule has 1 aliphatic heterocycles. The highest BCUT2D eigenvalue weighted by molar-refractivity contribution is 5.76. The third-order valence-corrected chi connectivity index (χ3v) is 5.44. The Kier molecular flexibility index (Phi) is 5.42. The smallest absolute Gasteiger partial charge is 0.224 e. The number of rotatable bonds is 5. The van der Waals surface area contributed by atoms with Crippen LogP contribution < -0.4 is 0 Å². The largest absolute Gasteiger partial charge is 0.356 e. The van der Waals surface area contributed by atoms with E-state index in [1.807, 2.05) is 42.5 Å². The number of nitrogens with zero attached hydrogens (tertiary/aromatic N) is 6. The van der Waals surface area contributed by atoms with E-state index in [1.165, 1.54) is 0 Å². The fourth-order valence-corrected chi connectivity index (χ4v) is 4.03. The van der Waals surface area contributed by atoms with Crippen molar-refractivity contribution in [2.75, 3.05) is 13.1 Å². The normalized spacial score (nSPS) is 16.9. The number of aromatic nitrogens is 5. The molecule has 3 aromatic heterocycles. The second-order valence-corrected chi connectivity index (χ2v) is 7.73. The van der Waals surface area contributed by atoms with Crippen LogP contribution in [0.15, 0.2) is 29.2 Å². The standard InChI is InChI=1S/C21H26N6O2/c1-14-9-16(3)27(24-14)8-6-20(28)26-7-4-5-17(12-26)21-18(11-22-13-23-21)19-10-15(2)25-29-19/h9-11,13,17H,4-8,12H2,1-3H3. The Morgan fingerprint density at radius 1 is 1.24 bits per heavy atom. The van der Waals surface area contributed by atoms with Crippen LogP contribution in [0.3, 0.4) is 0 Å². The Hall–Kier alpha value is -3.03. The summed E-state index contributed by atoms with van der Waals surface area (Å²) in [6, 6.07) is 3.92. The second-order valence-electron chi connectivity index (χ2n) is 7.73. The molecule has 8 heteroatoms. The Morgan fingerprint density at radius 3 is 2.83 bits per heavy atom. The third kappa shape index (κ3) is 4.21. The van der Waals surface area contributed by atoms with Crippen LogP contribution in [-0.4, -0.2) is 48.8 Å². The maximum Gasteiger partial charge on any atom is 0.224 e. The molecule has 1 amide bonds.